The van der Waals surface area contributed by atoms with Gasteiger partial charge in [0, 0.05) is 12.5 Å². The molecule has 0 radical (unpaired) electrons. The molecule has 1 N–H and O–H groups in total. The zero-order chi connectivity index (χ0) is 13.2. The molecular weight excluding hydrogens is 230 g/mol. The molecule has 1 unspecified atom stereocenters. The van der Waals surface area contributed by atoms with Crippen LogP contribution in [-0.4, -0.2) is 24.3 Å². The first-order valence-corrected chi connectivity index (χ1v) is 5.02. The van der Waals surface area contributed by atoms with Crippen LogP contribution in [0.25, 0.3) is 0 Å². The summed E-state index contributed by atoms with van der Waals surface area (Å²) in [5.41, 5.74) is -0.597. The van der Waals surface area contributed by atoms with Gasteiger partial charge in [0.05, 0.1) is 0 Å². The molecule has 0 amide bonds. The van der Waals surface area contributed by atoms with Crippen molar-refractivity contribution in [2.75, 3.05) is 7.11 Å². The highest BCUT2D eigenvalue weighted by Crippen LogP contribution is 2.30. The molecule has 0 fully saturated rings. The first-order chi connectivity index (χ1) is 7.80. The molecule has 0 spiro atoms. The van der Waals surface area contributed by atoms with E-state index in [-0.39, 0.29) is 0 Å². The minimum Gasteiger partial charge on any atom is -0.479 e. The highest BCUT2D eigenvalue weighted by atomic mass is 19.2. The van der Waals surface area contributed by atoms with E-state index in [4.69, 9.17) is 9.84 Å². The van der Waals surface area contributed by atoms with Crippen LogP contribution in [0.4, 0.5) is 8.78 Å². The number of carboxylic acids is 1. The summed E-state index contributed by atoms with van der Waals surface area (Å²) in [4.78, 5) is 11.0. The summed E-state index contributed by atoms with van der Waals surface area (Å²) in [5.74, 6) is -3.12. The average molecular weight is 244 g/mol. The Hall–Kier alpha value is -1.49. The molecule has 0 aliphatic heterocycles. The second kappa shape index (κ2) is 4.79. The lowest BCUT2D eigenvalue weighted by molar-refractivity contribution is -0.152. The Morgan fingerprint density at radius 1 is 1.35 bits per heavy atom. The number of rotatable bonds is 4. The number of ether oxygens (including phenoxy) is 1. The quantitative estimate of drug-likeness (QED) is 0.884. The van der Waals surface area contributed by atoms with Crippen LogP contribution in [0, 0.1) is 11.6 Å². The Morgan fingerprint density at radius 2 is 1.94 bits per heavy atom. The standard InChI is InChI=1S/C12H14F2O3/c1-12(2,10(17-3)11(15)16)7-4-5-8(13)9(14)6-7/h4-6,10H,1-3H3,(H,15,16). The average Bonchev–Trinajstić information content (AvgIpc) is 2.21. The fourth-order valence-electron chi connectivity index (χ4n) is 1.75. The van der Waals surface area contributed by atoms with Crippen LogP contribution in [-0.2, 0) is 14.9 Å². The van der Waals surface area contributed by atoms with E-state index in [0.717, 1.165) is 12.1 Å². The molecule has 0 heterocycles. The number of hydrogen-bond acceptors (Lipinski definition) is 2. The van der Waals surface area contributed by atoms with Crippen LogP contribution in [0.1, 0.15) is 19.4 Å². The number of hydrogen-bond donors (Lipinski definition) is 1. The summed E-state index contributed by atoms with van der Waals surface area (Å²) in [7, 11) is 1.26. The fourth-order valence-corrected chi connectivity index (χ4v) is 1.75. The van der Waals surface area contributed by atoms with E-state index in [9.17, 15) is 13.6 Å². The first kappa shape index (κ1) is 13.6. The molecule has 5 heteroatoms. The molecule has 94 valence electrons. The summed E-state index contributed by atoms with van der Waals surface area (Å²) >= 11 is 0. The largest absolute Gasteiger partial charge is 0.479 e. The third kappa shape index (κ3) is 2.61. The zero-order valence-corrected chi connectivity index (χ0v) is 9.83. The van der Waals surface area contributed by atoms with Crippen molar-refractivity contribution in [3.8, 4) is 0 Å². The summed E-state index contributed by atoms with van der Waals surface area (Å²) < 4.78 is 30.8. The minimum absolute atomic E-state index is 0.366. The molecule has 0 aromatic heterocycles. The highest BCUT2D eigenvalue weighted by Gasteiger charge is 2.37. The topological polar surface area (TPSA) is 46.5 Å². The van der Waals surface area contributed by atoms with Crippen molar-refractivity contribution in [2.24, 2.45) is 0 Å². The molecule has 1 rings (SSSR count). The van der Waals surface area contributed by atoms with Gasteiger partial charge in [0.1, 0.15) is 0 Å². The summed E-state index contributed by atoms with van der Waals surface area (Å²) in [6, 6.07) is 3.32. The number of methoxy groups -OCH3 is 1. The molecule has 1 atom stereocenters. The minimum atomic E-state index is -1.15. The van der Waals surface area contributed by atoms with Crippen molar-refractivity contribution in [3.63, 3.8) is 0 Å². The van der Waals surface area contributed by atoms with Crippen molar-refractivity contribution in [3.05, 3.63) is 35.4 Å². The van der Waals surface area contributed by atoms with E-state index in [0.29, 0.717) is 5.56 Å². The van der Waals surface area contributed by atoms with Gasteiger partial charge < -0.3 is 9.84 Å². The van der Waals surface area contributed by atoms with E-state index in [1.54, 1.807) is 13.8 Å². The van der Waals surface area contributed by atoms with E-state index in [2.05, 4.69) is 0 Å². The fraction of sp³-hybridized carbons (Fsp3) is 0.417. The zero-order valence-electron chi connectivity index (χ0n) is 9.83. The normalized spacial score (nSPS) is 13.5. The maximum absolute atomic E-state index is 13.1. The number of halogens is 2. The maximum Gasteiger partial charge on any atom is 0.333 e. The van der Waals surface area contributed by atoms with Crippen molar-refractivity contribution < 1.29 is 23.4 Å². The van der Waals surface area contributed by atoms with Gasteiger partial charge in [-0.25, -0.2) is 13.6 Å². The Balaban J connectivity index is 3.19. The summed E-state index contributed by atoms with van der Waals surface area (Å²) in [5, 5.41) is 9.00. The predicted octanol–water partition coefficient (Wildman–Crippen LogP) is 2.34. The van der Waals surface area contributed by atoms with E-state index < -0.39 is 29.1 Å². The summed E-state index contributed by atoms with van der Waals surface area (Å²) in [6.45, 7) is 3.20. The van der Waals surface area contributed by atoms with Gasteiger partial charge in [0.25, 0.3) is 0 Å². The Bertz CT molecular complexity index is 430. The molecule has 3 nitrogen and oxygen atoms in total. The molecule has 0 saturated carbocycles. The van der Waals surface area contributed by atoms with Gasteiger partial charge in [0.2, 0.25) is 0 Å². The van der Waals surface area contributed by atoms with E-state index >= 15 is 0 Å². The maximum atomic E-state index is 13.1. The molecule has 17 heavy (non-hydrogen) atoms. The Kier molecular flexibility index (Phi) is 3.83. The van der Waals surface area contributed by atoms with Gasteiger partial charge in [0.15, 0.2) is 17.7 Å². The SMILES string of the molecule is COC(C(=O)O)C(C)(C)c1ccc(F)c(F)c1. The molecule has 0 saturated heterocycles. The van der Waals surface area contributed by atoms with Gasteiger partial charge in [-0.3, -0.25) is 0 Å². The molecule has 0 bridgehead atoms. The van der Waals surface area contributed by atoms with Crippen LogP contribution in [0.3, 0.4) is 0 Å². The Labute approximate surface area is 98.0 Å². The molecular formula is C12H14F2O3. The van der Waals surface area contributed by atoms with Crippen LogP contribution in [0.2, 0.25) is 0 Å². The first-order valence-electron chi connectivity index (χ1n) is 5.02. The van der Waals surface area contributed by atoms with Crippen molar-refractivity contribution in [1.82, 2.24) is 0 Å². The van der Waals surface area contributed by atoms with Crippen molar-refractivity contribution in [2.45, 2.75) is 25.4 Å². The highest BCUT2D eigenvalue weighted by molar-refractivity contribution is 5.74. The third-order valence-electron chi connectivity index (χ3n) is 2.78. The lowest BCUT2D eigenvalue weighted by atomic mass is 9.79. The van der Waals surface area contributed by atoms with Gasteiger partial charge >= 0.3 is 5.97 Å². The number of aliphatic carboxylic acids is 1. The third-order valence-corrected chi connectivity index (χ3v) is 2.78. The summed E-state index contributed by atoms with van der Waals surface area (Å²) in [6.07, 6.45) is -1.13. The van der Waals surface area contributed by atoms with Crippen LogP contribution in [0.5, 0.6) is 0 Å². The second-order valence-electron chi connectivity index (χ2n) is 4.30. The van der Waals surface area contributed by atoms with Gasteiger partial charge in [-0.2, -0.15) is 0 Å². The van der Waals surface area contributed by atoms with Gasteiger partial charge in [-0.1, -0.05) is 19.9 Å². The Morgan fingerprint density at radius 3 is 2.35 bits per heavy atom. The smallest absolute Gasteiger partial charge is 0.333 e. The van der Waals surface area contributed by atoms with E-state index in [1.165, 1.54) is 13.2 Å². The molecule has 1 aromatic rings. The molecule has 0 aliphatic carbocycles. The number of benzene rings is 1. The van der Waals surface area contributed by atoms with Crippen molar-refractivity contribution in [1.29, 1.82) is 0 Å². The van der Waals surface area contributed by atoms with Crippen molar-refractivity contribution >= 4 is 5.97 Å². The monoisotopic (exact) mass is 244 g/mol. The second-order valence-corrected chi connectivity index (χ2v) is 4.30. The van der Waals surface area contributed by atoms with Gasteiger partial charge in [-0.05, 0) is 17.7 Å². The lowest BCUT2D eigenvalue weighted by Crippen LogP contribution is -2.41. The molecule has 1 aromatic carbocycles. The number of carbonyl (C=O) groups is 1. The van der Waals surface area contributed by atoms with Crippen LogP contribution in [0.15, 0.2) is 18.2 Å². The van der Waals surface area contributed by atoms with Crippen LogP contribution >= 0.6 is 0 Å². The molecule has 0 aliphatic rings. The lowest BCUT2D eigenvalue weighted by Gasteiger charge is -2.30. The van der Waals surface area contributed by atoms with E-state index in [1.807, 2.05) is 0 Å². The number of carboxylic acid groups (broad SMARTS) is 1. The van der Waals surface area contributed by atoms with Gasteiger partial charge in [-0.15, -0.1) is 0 Å². The van der Waals surface area contributed by atoms with Crippen LogP contribution < -0.4 is 0 Å². The predicted molar refractivity (Wildman–Crippen MR) is 57.8 cm³/mol.